The van der Waals surface area contributed by atoms with E-state index in [0.29, 0.717) is 23.1 Å². The van der Waals surface area contributed by atoms with E-state index in [2.05, 4.69) is 17.2 Å². The van der Waals surface area contributed by atoms with Gasteiger partial charge in [0.15, 0.2) is 0 Å². The molecule has 0 bridgehead atoms. The molecule has 0 spiro atoms. The predicted octanol–water partition coefficient (Wildman–Crippen LogP) is 3.48. The van der Waals surface area contributed by atoms with Gasteiger partial charge in [-0.2, -0.15) is 0 Å². The molecule has 5 nitrogen and oxygen atoms in total. The third-order valence-electron chi connectivity index (χ3n) is 4.45. The Bertz CT molecular complexity index is 667. The van der Waals surface area contributed by atoms with Gasteiger partial charge in [-0.25, -0.2) is 0 Å². The molecule has 1 aromatic heterocycles. The van der Waals surface area contributed by atoms with Crippen molar-refractivity contribution in [3.05, 3.63) is 54.4 Å². The molecule has 1 aromatic carbocycles. The second-order valence-corrected chi connectivity index (χ2v) is 6.29. The number of aromatic nitrogens is 1. The van der Waals surface area contributed by atoms with E-state index in [-0.39, 0.29) is 5.91 Å². The van der Waals surface area contributed by atoms with E-state index >= 15 is 0 Å². The molecule has 2 aromatic rings. The quantitative estimate of drug-likeness (QED) is 0.875. The zero-order chi connectivity index (χ0) is 17.5. The molecule has 132 valence electrons. The molecule has 0 radical (unpaired) electrons. The van der Waals surface area contributed by atoms with Crippen molar-refractivity contribution < 1.29 is 9.53 Å². The standard InChI is InChI=1S/C20H25N3O2/c1-2-14-23(17-9-12-21-13-10-17)20(24)16-5-7-18(8-6-16)25-19-4-3-11-22-15-19/h3-8,11,15,17,21H,2,9-10,12-14H2,1H3. The lowest BCUT2D eigenvalue weighted by molar-refractivity contribution is 0.0642. The Hall–Kier alpha value is -2.40. The normalized spacial score (nSPS) is 14.9. The molecule has 0 atom stereocenters. The molecule has 1 aliphatic heterocycles. The van der Waals surface area contributed by atoms with Gasteiger partial charge in [0.25, 0.3) is 5.91 Å². The van der Waals surface area contributed by atoms with Crippen molar-refractivity contribution in [2.45, 2.75) is 32.2 Å². The minimum absolute atomic E-state index is 0.113. The predicted molar refractivity (Wildman–Crippen MR) is 98.0 cm³/mol. The number of rotatable bonds is 6. The maximum atomic E-state index is 13.0. The highest BCUT2D eigenvalue weighted by atomic mass is 16.5. The summed E-state index contributed by atoms with van der Waals surface area (Å²) in [6.45, 7) is 4.88. The number of nitrogens with one attached hydrogen (secondary N) is 1. The lowest BCUT2D eigenvalue weighted by Crippen LogP contribution is -2.46. The summed E-state index contributed by atoms with van der Waals surface area (Å²) in [6, 6.07) is 11.4. The van der Waals surface area contributed by atoms with Crippen LogP contribution in [0.25, 0.3) is 0 Å². The Labute approximate surface area is 149 Å². The molecule has 0 aliphatic carbocycles. The highest BCUT2D eigenvalue weighted by Gasteiger charge is 2.25. The number of benzene rings is 1. The van der Waals surface area contributed by atoms with Crippen LogP contribution in [0, 0.1) is 0 Å². The molecule has 1 fully saturated rings. The van der Waals surface area contributed by atoms with Gasteiger partial charge in [-0.1, -0.05) is 6.92 Å². The van der Waals surface area contributed by atoms with Crippen molar-refractivity contribution in [2.75, 3.05) is 19.6 Å². The summed E-state index contributed by atoms with van der Waals surface area (Å²) < 4.78 is 5.74. The smallest absolute Gasteiger partial charge is 0.254 e. The van der Waals surface area contributed by atoms with Crippen molar-refractivity contribution in [1.29, 1.82) is 0 Å². The van der Waals surface area contributed by atoms with Crippen molar-refractivity contribution in [1.82, 2.24) is 15.2 Å². The number of amides is 1. The van der Waals surface area contributed by atoms with E-state index in [4.69, 9.17) is 4.74 Å². The fourth-order valence-corrected chi connectivity index (χ4v) is 3.18. The summed E-state index contributed by atoms with van der Waals surface area (Å²) in [5.41, 5.74) is 0.713. The second kappa shape index (κ2) is 8.62. The van der Waals surface area contributed by atoms with Gasteiger partial charge < -0.3 is 15.0 Å². The molecule has 0 saturated carbocycles. The molecule has 5 heteroatoms. The number of hydrogen-bond acceptors (Lipinski definition) is 4. The lowest BCUT2D eigenvalue weighted by Gasteiger charge is -2.34. The van der Waals surface area contributed by atoms with E-state index < -0.39 is 0 Å². The second-order valence-electron chi connectivity index (χ2n) is 6.29. The molecule has 25 heavy (non-hydrogen) atoms. The van der Waals surface area contributed by atoms with Crippen LogP contribution in [-0.4, -0.2) is 41.5 Å². The van der Waals surface area contributed by atoms with Gasteiger partial charge in [0.1, 0.15) is 11.5 Å². The van der Waals surface area contributed by atoms with Crippen LogP contribution in [0.1, 0.15) is 36.5 Å². The Morgan fingerprint density at radius 3 is 2.60 bits per heavy atom. The van der Waals surface area contributed by atoms with Crippen molar-refractivity contribution >= 4 is 5.91 Å². The number of carbonyl (C=O) groups is 1. The summed E-state index contributed by atoms with van der Waals surface area (Å²) in [7, 11) is 0. The number of ether oxygens (including phenoxy) is 1. The first-order valence-corrected chi connectivity index (χ1v) is 8.97. The van der Waals surface area contributed by atoms with Gasteiger partial charge >= 0.3 is 0 Å². The summed E-state index contributed by atoms with van der Waals surface area (Å²) in [5.74, 6) is 1.50. The Balaban J connectivity index is 1.69. The monoisotopic (exact) mass is 339 g/mol. The van der Waals surface area contributed by atoms with Crippen LogP contribution in [0.2, 0.25) is 0 Å². The molecule has 3 rings (SSSR count). The topological polar surface area (TPSA) is 54.5 Å². The van der Waals surface area contributed by atoms with E-state index in [1.807, 2.05) is 41.3 Å². The minimum atomic E-state index is 0.113. The molecule has 1 saturated heterocycles. The van der Waals surface area contributed by atoms with Gasteiger partial charge in [0, 0.05) is 24.3 Å². The van der Waals surface area contributed by atoms with Crippen LogP contribution in [0.5, 0.6) is 11.5 Å². The highest BCUT2D eigenvalue weighted by Crippen LogP contribution is 2.22. The average Bonchev–Trinajstić information content (AvgIpc) is 2.68. The molecular formula is C20H25N3O2. The van der Waals surface area contributed by atoms with E-state index in [0.717, 1.165) is 38.9 Å². The van der Waals surface area contributed by atoms with E-state index in [1.165, 1.54) is 0 Å². The number of piperidine rings is 1. The van der Waals surface area contributed by atoms with Crippen molar-refractivity contribution in [3.63, 3.8) is 0 Å². The first-order chi connectivity index (χ1) is 12.3. The number of hydrogen-bond donors (Lipinski definition) is 1. The van der Waals surface area contributed by atoms with Gasteiger partial charge in [0.05, 0.1) is 6.20 Å². The van der Waals surface area contributed by atoms with Crippen LogP contribution in [0.4, 0.5) is 0 Å². The maximum absolute atomic E-state index is 13.0. The molecule has 1 amide bonds. The highest BCUT2D eigenvalue weighted by molar-refractivity contribution is 5.94. The first kappa shape index (κ1) is 17.4. The van der Waals surface area contributed by atoms with Gasteiger partial charge in [-0.05, 0) is 68.8 Å². The number of carbonyl (C=O) groups excluding carboxylic acids is 1. The summed E-state index contributed by atoms with van der Waals surface area (Å²) in [5, 5.41) is 3.36. The third-order valence-corrected chi connectivity index (χ3v) is 4.45. The van der Waals surface area contributed by atoms with Crippen molar-refractivity contribution in [3.8, 4) is 11.5 Å². The Morgan fingerprint density at radius 1 is 1.20 bits per heavy atom. The first-order valence-electron chi connectivity index (χ1n) is 8.97. The number of pyridine rings is 1. The minimum Gasteiger partial charge on any atom is -0.456 e. The SMILES string of the molecule is CCCN(C(=O)c1ccc(Oc2cccnc2)cc1)C1CCNCC1. The largest absolute Gasteiger partial charge is 0.456 e. The van der Waals surface area contributed by atoms with Gasteiger partial charge in [0.2, 0.25) is 0 Å². The zero-order valence-electron chi connectivity index (χ0n) is 14.6. The summed E-state index contributed by atoms with van der Waals surface area (Å²) in [4.78, 5) is 19.0. The zero-order valence-corrected chi connectivity index (χ0v) is 14.6. The average molecular weight is 339 g/mol. The van der Waals surface area contributed by atoms with Crippen molar-refractivity contribution in [2.24, 2.45) is 0 Å². The fourth-order valence-electron chi connectivity index (χ4n) is 3.18. The van der Waals surface area contributed by atoms with Crippen LogP contribution in [-0.2, 0) is 0 Å². The molecule has 1 N–H and O–H groups in total. The lowest BCUT2D eigenvalue weighted by atomic mass is 10.0. The van der Waals surface area contributed by atoms with Gasteiger partial charge in [-0.15, -0.1) is 0 Å². The van der Waals surface area contributed by atoms with E-state index in [9.17, 15) is 4.79 Å². The summed E-state index contributed by atoms with van der Waals surface area (Å²) >= 11 is 0. The van der Waals surface area contributed by atoms with Crippen LogP contribution < -0.4 is 10.1 Å². The Kier molecular flexibility index (Phi) is 6.01. The van der Waals surface area contributed by atoms with Crippen LogP contribution in [0.3, 0.4) is 0 Å². The number of nitrogens with zero attached hydrogens (tertiary/aromatic N) is 2. The molecular weight excluding hydrogens is 314 g/mol. The third kappa shape index (κ3) is 4.57. The summed E-state index contributed by atoms with van der Waals surface area (Å²) in [6.07, 6.45) is 6.39. The molecule has 0 unspecified atom stereocenters. The Morgan fingerprint density at radius 2 is 1.96 bits per heavy atom. The van der Waals surface area contributed by atoms with Crippen LogP contribution >= 0.6 is 0 Å². The fraction of sp³-hybridized carbons (Fsp3) is 0.400. The molecule has 1 aliphatic rings. The van der Waals surface area contributed by atoms with E-state index in [1.54, 1.807) is 12.4 Å². The molecule has 2 heterocycles. The maximum Gasteiger partial charge on any atom is 0.254 e. The van der Waals surface area contributed by atoms with Crippen LogP contribution in [0.15, 0.2) is 48.8 Å². The van der Waals surface area contributed by atoms with Gasteiger partial charge in [-0.3, -0.25) is 9.78 Å².